The lowest BCUT2D eigenvalue weighted by Crippen LogP contribution is -2.13. The molecule has 1 aromatic rings. The minimum Gasteiger partial charge on any atom is -0.478 e. The molecule has 1 fully saturated rings. The average Bonchev–Trinajstić information content (AvgIpc) is 2.61. The van der Waals surface area contributed by atoms with Gasteiger partial charge in [0.2, 0.25) is 0 Å². The predicted octanol–water partition coefficient (Wildman–Crippen LogP) is 2.17. The van der Waals surface area contributed by atoms with Crippen molar-refractivity contribution in [2.45, 2.75) is 38.0 Å². The summed E-state index contributed by atoms with van der Waals surface area (Å²) < 4.78 is 1.72. The number of aromatic nitrogens is 2. The zero-order valence-corrected chi connectivity index (χ0v) is 8.94. The summed E-state index contributed by atoms with van der Waals surface area (Å²) in [7, 11) is 1.83. The maximum atomic E-state index is 11.0. The van der Waals surface area contributed by atoms with Gasteiger partial charge in [0.1, 0.15) is 5.56 Å². The number of nitrogens with zero attached hydrogens (tertiary/aromatic N) is 2. The Kier molecular flexibility index (Phi) is 2.75. The highest BCUT2D eigenvalue weighted by Crippen LogP contribution is 2.33. The fourth-order valence-electron chi connectivity index (χ4n) is 2.47. The van der Waals surface area contributed by atoms with Crippen molar-refractivity contribution in [1.82, 2.24) is 9.78 Å². The van der Waals surface area contributed by atoms with Gasteiger partial charge in [-0.1, -0.05) is 19.3 Å². The van der Waals surface area contributed by atoms with E-state index >= 15 is 0 Å². The second kappa shape index (κ2) is 4.04. The Labute approximate surface area is 88.9 Å². The van der Waals surface area contributed by atoms with Gasteiger partial charge in [0.15, 0.2) is 0 Å². The third-order valence-corrected chi connectivity index (χ3v) is 3.21. The normalized spacial score (nSPS) is 17.9. The van der Waals surface area contributed by atoms with Crippen molar-refractivity contribution < 1.29 is 9.90 Å². The van der Waals surface area contributed by atoms with Crippen LogP contribution in [0.3, 0.4) is 0 Å². The van der Waals surface area contributed by atoms with Gasteiger partial charge in [-0.3, -0.25) is 4.68 Å². The highest BCUT2D eigenvalue weighted by Gasteiger charge is 2.24. The molecule has 0 atom stereocenters. The van der Waals surface area contributed by atoms with E-state index in [1.807, 2.05) is 7.05 Å². The highest BCUT2D eigenvalue weighted by molar-refractivity contribution is 5.88. The van der Waals surface area contributed by atoms with Crippen LogP contribution < -0.4 is 0 Å². The van der Waals surface area contributed by atoms with E-state index in [1.54, 1.807) is 4.68 Å². The van der Waals surface area contributed by atoms with Gasteiger partial charge >= 0.3 is 5.97 Å². The first-order valence-electron chi connectivity index (χ1n) is 5.45. The molecule has 2 rings (SSSR count). The number of aryl methyl sites for hydroxylation is 1. The van der Waals surface area contributed by atoms with Crippen LogP contribution in [-0.4, -0.2) is 20.9 Å². The lowest BCUT2D eigenvalue weighted by molar-refractivity contribution is 0.0694. The van der Waals surface area contributed by atoms with E-state index in [0.29, 0.717) is 11.5 Å². The number of aromatic carboxylic acids is 1. The van der Waals surface area contributed by atoms with Crippen LogP contribution in [0, 0.1) is 0 Å². The van der Waals surface area contributed by atoms with E-state index in [0.717, 1.165) is 18.5 Å². The SMILES string of the molecule is Cn1ncc(C(=O)O)c1C1CCCCC1. The Morgan fingerprint density at radius 2 is 2.13 bits per heavy atom. The third-order valence-electron chi connectivity index (χ3n) is 3.21. The second-order valence-electron chi connectivity index (χ2n) is 4.21. The Balaban J connectivity index is 2.32. The lowest BCUT2D eigenvalue weighted by Gasteiger charge is -2.22. The summed E-state index contributed by atoms with van der Waals surface area (Å²) in [6, 6.07) is 0. The van der Waals surface area contributed by atoms with Gasteiger partial charge in [-0.2, -0.15) is 5.10 Å². The summed E-state index contributed by atoms with van der Waals surface area (Å²) in [4.78, 5) is 11.0. The molecule has 0 bridgehead atoms. The van der Waals surface area contributed by atoms with Gasteiger partial charge in [0.25, 0.3) is 0 Å². The molecule has 0 amide bonds. The molecule has 0 spiro atoms. The molecule has 1 aromatic heterocycles. The van der Waals surface area contributed by atoms with Crippen LogP contribution in [0.2, 0.25) is 0 Å². The van der Waals surface area contributed by atoms with E-state index in [9.17, 15) is 4.79 Å². The number of carboxylic acid groups (broad SMARTS) is 1. The molecule has 0 aromatic carbocycles. The standard InChI is InChI=1S/C11H16N2O2/c1-13-10(8-5-3-2-4-6-8)9(7-12-13)11(14)15/h7-8H,2-6H2,1H3,(H,14,15). The first-order chi connectivity index (χ1) is 7.20. The van der Waals surface area contributed by atoms with Crippen molar-refractivity contribution in [2.75, 3.05) is 0 Å². The first-order valence-corrected chi connectivity index (χ1v) is 5.45. The molecule has 0 saturated heterocycles. The fourth-order valence-corrected chi connectivity index (χ4v) is 2.47. The molecule has 0 unspecified atom stereocenters. The molecular formula is C11H16N2O2. The van der Waals surface area contributed by atoms with Crippen molar-refractivity contribution in [3.63, 3.8) is 0 Å². The van der Waals surface area contributed by atoms with Crippen LogP contribution in [0.4, 0.5) is 0 Å². The lowest BCUT2D eigenvalue weighted by atomic mass is 9.85. The van der Waals surface area contributed by atoms with Gasteiger partial charge in [0, 0.05) is 13.0 Å². The summed E-state index contributed by atoms with van der Waals surface area (Å²) in [5, 5.41) is 13.1. The van der Waals surface area contributed by atoms with E-state index in [-0.39, 0.29) is 0 Å². The van der Waals surface area contributed by atoms with E-state index in [4.69, 9.17) is 5.11 Å². The van der Waals surface area contributed by atoms with Crippen LogP contribution in [0.5, 0.6) is 0 Å². The highest BCUT2D eigenvalue weighted by atomic mass is 16.4. The van der Waals surface area contributed by atoms with Gasteiger partial charge in [-0.25, -0.2) is 4.79 Å². The zero-order chi connectivity index (χ0) is 10.8. The van der Waals surface area contributed by atoms with Gasteiger partial charge in [-0.05, 0) is 12.8 Å². The minimum absolute atomic E-state index is 0.379. The number of carboxylic acids is 1. The van der Waals surface area contributed by atoms with Crippen molar-refractivity contribution in [3.8, 4) is 0 Å². The van der Waals surface area contributed by atoms with E-state index in [1.165, 1.54) is 25.5 Å². The molecule has 82 valence electrons. The van der Waals surface area contributed by atoms with Gasteiger partial charge < -0.3 is 5.11 Å². The molecule has 0 radical (unpaired) electrons. The number of hydrogen-bond acceptors (Lipinski definition) is 2. The van der Waals surface area contributed by atoms with Crippen LogP contribution in [-0.2, 0) is 7.05 Å². The van der Waals surface area contributed by atoms with Crippen LogP contribution in [0.15, 0.2) is 6.20 Å². The molecule has 4 nitrogen and oxygen atoms in total. The number of carbonyl (C=O) groups is 1. The van der Waals surface area contributed by atoms with Crippen LogP contribution in [0.1, 0.15) is 54.1 Å². The Hall–Kier alpha value is -1.32. The monoisotopic (exact) mass is 208 g/mol. The Morgan fingerprint density at radius 1 is 1.47 bits per heavy atom. The molecule has 4 heteroatoms. The van der Waals surface area contributed by atoms with Crippen molar-refractivity contribution >= 4 is 5.97 Å². The van der Waals surface area contributed by atoms with Gasteiger partial charge in [0.05, 0.1) is 11.9 Å². The van der Waals surface area contributed by atoms with Crippen LogP contribution >= 0.6 is 0 Å². The summed E-state index contributed by atoms with van der Waals surface area (Å²) in [6.07, 6.45) is 7.34. The van der Waals surface area contributed by atoms with Gasteiger partial charge in [-0.15, -0.1) is 0 Å². The average molecular weight is 208 g/mol. The Bertz CT molecular complexity index is 365. The van der Waals surface area contributed by atoms with E-state index < -0.39 is 5.97 Å². The van der Waals surface area contributed by atoms with Crippen molar-refractivity contribution in [3.05, 3.63) is 17.5 Å². The summed E-state index contributed by atoms with van der Waals surface area (Å²) in [5.74, 6) is -0.471. The third kappa shape index (κ3) is 1.89. The molecule has 1 aliphatic rings. The minimum atomic E-state index is -0.858. The molecule has 15 heavy (non-hydrogen) atoms. The van der Waals surface area contributed by atoms with Crippen molar-refractivity contribution in [2.24, 2.45) is 7.05 Å². The fraction of sp³-hybridized carbons (Fsp3) is 0.636. The zero-order valence-electron chi connectivity index (χ0n) is 8.94. The largest absolute Gasteiger partial charge is 0.478 e. The van der Waals surface area contributed by atoms with Crippen molar-refractivity contribution in [1.29, 1.82) is 0 Å². The maximum absolute atomic E-state index is 11.0. The predicted molar refractivity (Wildman–Crippen MR) is 56.0 cm³/mol. The first kappa shape index (κ1) is 10.2. The summed E-state index contributed by atoms with van der Waals surface area (Å²) >= 11 is 0. The Morgan fingerprint density at radius 3 is 2.73 bits per heavy atom. The van der Waals surface area contributed by atoms with E-state index in [2.05, 4.69) is 5.10 Å². The quantitative estimate of drug-likeness (QED) is 0.810. The smallest absolute Gasteiger partial charge is 0.339 e. The number of hydrogen-bond donors (Lipinski definition) is 1. The molecule has 0 aliphatic heterocycles. The number of rotatable bonds is 2. The maximum Gasteiger partial charge on any atom is 0.339 e. The molecule has 1 N–H and O–H groups in total. The van der Waals surface area contributed by atoms with Crippen LogP contribution in [0.25, 0.3) is 0 Å². The molecule has 1 heterocycles. The molecule has 1 saturated carbocycles. The second-order valence-corrected chi connectivity index (χ2v) is 4.21. The summed E-state index contributed by atoms with van der Waals surface area (Å²) in [5.41, 5.74) is 1.28. The summed E-state index contributed by atoms with van der Waals surface area (Å²) in [6.45, 7) is 0. The molecular weight excluding hydrogens is 192 g/mol. The molecule has 1 aliphatic carbocycles. The topological polar surface area (TPSA) is 55.1 Å².